The third-order valence-electron chi connectivity index (χ3n) is 2.50. The highest BCUT2D eigenvalue weighted by Gasteiger charge is 2.19. The Morgan fingerprint density at radius 2 is 2.00 bits per heavy atom. The molecule has 0 saturated carbocycles. The summed E-state index contributed by atoms with van der Waals surface area (Å²) in [5.74, 6) is 0.652. The van der Waals surface area contributed by atoms with Crippen molar-refractivity contribution in [2.75, 3.05) is 19.6 Å². The van der Waals surface area contributed by atoms with Crippen molar-refractivity contribution in [3.8, 4) is 0 Å². The zero-order chi connectivity index (χ0) is 8.97. The standard InChI is InChI=1S/C9H16F2N/c1-2-8-3-5-12(6-4-8)7-9(10)11/h2,8-9H,3-7H2,1H3. The Kier molecular flexibility index (Phi) is 3.92. The Morgan fingerprint density at radius 3 is 2.42 bits per heavy atom. The van der Waals surface area contributed by atoms with E-state index in [0.29, 0.717) is 5.92 Å². The molecule has 71 valence electrons. The molecule has 0 atom stereocenters. The van der Waals surface area contributed by atoms with Gasteiger partial charge in [-0.05, 0) is 38.3 Å². The second-order valence-corrected chi connectivity index (χ2v) is 3.36. The van der Waals surface area contributed by atoms with E-state index in [1.165, 1.54) is 0 Å². The van der Waals surface area contributed by atoms with Crippen molar-refractivity contribution in [3.63, 3.8) is 0 Å². The fraction of sp³-hybridized carbons (Fsp3) is 0.889. The Labute approximate surface area is 72.7 Å². The van der Waals surface area contributed by atoms with Crippen LogP contribution < -0.4 is 0 Å². The fourth-order valence-corrected chi connectivity index (χ4v) is 1.66. The van der Waals surface area contributed by atoms with Gasteiger partial charge in [-0.2, -0.15) is 0 Å². The number of hydrogen-bond donors (Lipinski definition) is 0. The van der Waals surface area contributed by atoms with E-state index in [0.717, 1.165) is 25.9 Å². The monoisotopic (exact) mass is 176 g/mol. The highest BCUT2D eigenvalue weighted by Crippen LogP contribution is 2.19. The van der Waals surface area contributed by atoms with E-state index in [9.17, 15) is 8.78 Å². The average molecular weight is 176 g/mol. The molecule has 12 heavy (non-hydrogen) atoms. The lowest BCUT2D eigenvalue weighted by Crippen LogP contribution is -2.36. The van der Waals surface area contributed by atoms with Crippen molar-refractivity contribution in [2.45, 2.75) is 26.2 Å². The van der Waals surface area contributed by atoms with Gasteiger partial charge in [0.1, 0.15) is 0 Å². The van der Waals surface area contributed by atoms with E-state index in [1.807, 2.05) is 11.8 Å². The molecule has 0 aromatic heterocycles. The summed E-state index contributed by atoms with van der Waals surface area (Å²) in [7, 11) is 0. The van der Waals surface area contributed by atoms with Crippen LogP contribution in [0.2, 0.25) is 0 Å². The lowest BCUT2D eigenvalue weighted by atomic mass is 9.94. The minimum absolute atomic E-state index is 0.0452. The van der Waals surface area contributed by atoms with Gasteiger partial charge in [0.15, 0.2) is 0 Å². The molecular formula is C9H16F2N. The maximum Gasteiger partial charge on any atom is 0.251 e. The number of halogens is 2. The van der Waals surface area contributed by atoms with E-state index in [2.05, 4.69) is 6.42 Å². The molecule has 0 N–H and O–H groups in total. The van der Waals surface area contributed by atoms with Crippen LogP contribution in [-0.2, 0) is 0 Å². The van der Waals surface area contributed by atoms with E-state index in [-0.39, 0.29) is 6.54 Å². The molecule has 0 bridgehead atoms. The summed E-state index contributed by atoms with van der Waals surface area (Å²) in [5, 5.41) is 0. The largest absolute Gasteiger partial charge is 0.298 e. The Hall–Kier alpha value is -0.180. The summed E-state index contributed by atoms with van der Waals surface area (Å²) in [5.41, 5.74) is 0. The quantitative estimate of drug-likeness (QED) is 0.637. The minimum Gasteiger partial charge on any atom is -0.298 e. The number of alkyl halides is 2. The summed E-state index contributed by atoms with van der Waals surface area (Å²) in [6, 6.07) is 0. The third kappa shape index (κ3) is 3.05. The van der Waals surface area contributed by atoms with Crippen LogP contribution in [0.1, 0.15) is 19.8 Å². The van der Waals surface area contributed by atoms with Gasteiger partial charge < -0.3 is 0 Å². The first-order valence-electron chi connectivity index (χ1n) is 4.52. The van der Waals surface area contributed by atoms with E-state index < -0.39 is 6.43 Å². The third-order valence-corrected chi connectivity index (χ3v) is 2.50. The van der Waals surface area contributed by atoms with Crippen LogP contribution in [0.4, 0.5) is 8.78 Å². The van der Waals surface area contributed by atoms with Gasteiger partial charge in [-0.15, -0.1) is 0 Å². The number of hydrogen-bond acceptors (Lipinski definition) is 1. The van der Waals surface area contributed by atoms with Crippen molar-refractivity contribution >= 4 is 0 Å². The number of likely N-dealkylation sites (tertiary alicyclic amines) is 1. The van der Waals surface area contributed by atoms with E-state index >= 15 is 0 Å². The highest BCUT2D eigenvalue weighted by atomic mass is 19.3. The summed E-state index contributed by atoms with van der Waals surface area (Å²) in [6.45, 7) is 3.67. The second-order valence-electron chi connectivity index (χ2n) is 3.36. The van der Waals surface area contributed by atoms with Crippen molar-refractivity contribution < 1.29 is 8.78 Å². The van der Waals surface area contributed by atoms with Crippen LogP contribution in [0.5, 0.6) is 0 Å². The Morgan fingerprint density at radius 1 is 1.42 bits per heavy atom. The van der Waals surface area contributed by atoms with Crippen molar-refractivity contribution in [1.29, 1.82) is 0 Å². The summed E-state index contributed by atoms with van der Waals surface area (Å²) < 4.78 is 23.9. The molecule has 1 aliphatic rings. The molecule has 0 spiro atoms. The SMILES string of the molecule is C[CH]C1CCN(CC(F)F)CC1. The van der Waals surface area contributed by atoms with Gasteiger partial charge in [-0.3, -0.25) is 4.90 Å². The lowest BCUT2D eigenvalue weighted by molar-refractivity contribution is 0.0720. The predicted molar refractivity (Wildman–Crippen MR) is 45.1 cm³/mol. The predicted octanol–water partition coefficient (Wildman–Crippen LogP) is 2.19. The molecule has 1 rings (SSSR count). The molecule has 0 aliphatic carbocycles. The van der Waals surface area contributed by atoms with Crippen LogP contribution in [0, 0.1) is 12.3 Å². The molecular weight excluding hydrogens is 160 g/mol. The molecule has 1 fully saturated rings. The maximum absolute atomic E-state index is 11.9. The summed E-state index contributed by atoms with van der Waals surface area (Å²) >= 11 is 0. The molecule has 0 amide bonds. The van der Waals surface area contributed by atoms with E-state index in [1.54, 1.807) is 0 Å². The first-order chi connectivity index (χ1) is 5.72. The van der Waals surface area contributed by atoms with Crippen LogP contribution in [0.15, 0.2) is 0 Å². The zero-order valence-corrected chi connectivity index (χ0v) is 7.47. The highest BCUT2D eigenvalue weighted by molar-refractivity contribution is 4.79. The summed E-state index contributed by atoms with van der Waals surface area (Å²) in [4.78, 5) is 1.85. The van der Waals surface area contributed by atoms with Crippen molar-refractivity contribution in [1.82, 2.24) is 4.90 Å². The summed E-state index contributed by atoms with van der Waals surface area (Å²) in [6.07, 6.45) is 2.10. The van der Waals surface area contributed by atoms with Gasteiger partial charge in [0.25, 0.3) is 6.43 Å². The average Bonchev–Trinajstić information content (AvgIpc) is 2.05. The van der Waals surface area contributed by atoms with Gasteiger partial charge >= 0.3 is 0 Å². The van der Waals surface area contributed by atoms with Gasteiger partial charge in [0, 0.05) is 0 Å². The first kappa shape index (κ1) is 9.90. The molecule has 0 aromatic rings. The molecule has 1 radical (unpaired) electrons. The van der Waals surface area contributed by atoms with Gasteiger partial charge in [0.2, 0.25) is 0 Å². The Balaban J connectivity index is 2.17. The molecule has 0 aromatic carbocycles. The van der Waals surface area contributed by atoms with Crippen LogP contribution in [0.25, 0.3) is 0 Å². The first-order valence-corrected chi connectivity index (χ1v) is 4.52. The second kappa shape index (κ2) is 4.75. The van der Waals surface area contributed by atoms with Crippen LogP contribution >= 0.6 is 0 Å². The van der Waals surface area contributed by atoms with Crippen LogP contribution in [0.3, 0.4) is 0 Å². The van der Waals surface area contributed by atoms with Crippen LogP contribution in [-0.4, -0.2) is 31.0 Å². The minimum atomic E-state index is -2.17. The lowest BCUT2D eigenvalue weighted by Gasteiger charge is -2.30. The molecule has 1 nitrogen and oxygen atoms in total. The smallest absolute Gasteiger partial charge is 0.251 e. The number of rotatable bonds is 3. The van der Waals surface area contributed by atoms with Gasteiger partial charge in [-0.1, -0.05) is 6.92 Å². The fourth-order valence-electron chi connectivity index (χ4n) is 1.66. The maximum atomic E-state index is 11.9. The molecule has 3 heteroatoms. The van der Waals surface area contributed by atoms with E-state index in [4.69, 9.17) is 0 Å². The Bertz CT molecular complexity index is 120. The topological polar surface area (TPSA) is 3.24 Å². The van der Waals surface area contributed by atoms with Crippen molar-refractivity contribution in [3.05, 3.63) is 6.42 Å². The normalized spacial score (nSPS) is 22.0. The zero-order valence-electron chi connectivity index (χ0n) is 7.47. The molecule has 1 saturated heterocycles. The molecule has 1 heterocycles. The molecule has 0 unspecified atom stereocenters. The van der Waals surface area contributed by atoms with Crippen molar-refractivity contribution in [2.24, 2.45) is 5.92 Å². The number of nitrogens with zero attached hydrogens (tertiary/aromatic N) is 1. The number of piperidine rings is 1. The van der Waals surface area contributed by atoms with Gasteiger partial charge in [0.05, 0.1) is 6.54 Å². The molecule has 1 aliphatic heterocycles. The van der Waals surface area contributed by atoms with Gasteiger partial charge in [-0.25, -0.2) is 8.78 Å².